The molecule has 0 radical (unpaired) electrons. The molecule has 3 rings (SSSR count). The summed E-state index contributed by atoms with van der Waals surface area (Å²) in [4.78, 5) is 12.7. The van der Waals surface area contributed by atoms with Crippen LogP contribution in [0, 0.1) is 0 Å². The van der Waals surface area contributed by atoms with Gasteiger partial charge in [-0.05, 0) is 30.5 Å². The molecule has 2 aliphatic rings. The highest BCUT2D eigenvalue weighted by Crippen LogP contribution is 2.58. The number of carbonyl (C=O) groups excluding carboxylic acids is 1. The monoisotopic (exact) mass is 266 g/mol. The van der Waals surface area contributed by atoms with Crippen molar-refractivity contribution in [3.63, 3.8) is 0 Å². The Morgan fingerprint density at radius 2 is 1.84 bits per heavy atom. The van der Waals surface area contributed by atoms with Gasteiger partial charge in [-0.2, -0.15) is 0 Å². The van der Waals surface area contributed by atoms with Crippen molar-refractivity contribution in [3.8, 4) is 0 Å². The van der Waals surface area contributed by atoms with Gasteiger partial charge in [-0.15, -0.1) is 0 Å². The van der Waals surface area contributed by atoms with E-state index in [4.69, 9.17) is 5.73 Å². The van der Waals surface area contributed by atoms with E-state index in [1.54, 1.807) is 12.1 Å². The summed E-state index contributed by atoms with van der Waals surface area (Å²) in [6.07, 6.45) is -1.89. The lowest BCUT2D eigenvalue weighted by Crippen LogP contribution is -2.52. The Hall–Kier alpha value is -1.63. The Kier molecular flexibility index (Phi) is 3.04. The Bertz CT molecular complexity index is 518. The average Bonchev–Trinajstić information content (AvgIpc) is 3.07. The number of amides is 1. The lowest BCUT2D eigenvalue weighted by Gasteiger charge is -2.26. The first-order valence-electron chi connectivity index (χ1n) is 6.28. The van der Waals surface area contributed by atoms with E-state index in [1.807, 2.05) is 13.8 Å². The third kappa shape index (κ3) is 1.88. The van der Waals surface area contributed by atoms with Crippen molar-refractivity contribution in [2.45, 2.75) is 38.2 Å². The molecule has 104 valence electrons. The molecule has 19 heavy (non-hydrogen) atoms. The number of fused-ring (bicyclic) bond motifs is 2. The lowest BCUT2D eigenvalue weighted by molar-refractivity contribution is -0.306. The minimum atomic E-state index is -3.19. The van der Waals surface area contributed by atoms with Gasteiger partial charge in [-0.25, -0.2) is 4.90 Å². The maximum Gasteiger partial charge on any atom is 0.376 e. The van der Waals surface area contributed by atoms with Gasteiger partial charge < -0.3 is 21.1 Å². The van der Waals surface area contributed by atoms with Crippen LogP contribution in [0.4, 0.5) is 11.4 Å². The van der Waals surface area contributed by atoms with Crippen molar-refractivity contribution >= 4 is 17.3 Å². The zero-order valence-corrected chi connectivity index (χ0v) is 10.9. The fourth-order valence-corrected chi connectivity index (χ4v) is 2.48. The SMILES string of the molecule is CC.Nc1ccc2c(c1)N(C(O)(O)O)C(=O)C21CC1. The Labute approximate surface area is 111 Å². The number of hydrogen-bond acceptors (Lipinski definition) is 5. The number of benzene rings is 1. The van der Waals surface area contributed by atoms with Crippen molar-refractivity contribution in [1.82, 2.24) is 0 Å². The number of nitrogen functional groups attached to an aromatic ring is 1. The molecule has 1 heterocycles. The van der Waals surface area contributed by atoms with E-state index in [2.05, 4.69) is 0 Å². The summed E-state index contributed by atoms with van der Waals surface area (Å²) in [7, 11) is 0. The highest BCUT2D eigenvalue weighted by Gasteiger charge is 2.62. The molecular formula is C13H18N2O4. The van der Waals surface area contributed by atoms with Gasteiger partial charge in [-0.3, -0.25) is 4.79 Å². The van der Waals surface area contributed by atoms with Gasteiger partial charge in [0.05, 0.1) is 11.1 Å². The maximum absolute atomic E-state index is 12.1. The smallest absolute Gasteiger partial charge is 0.376 e. The molecule has 6 nitrogen and oxygen atoms in total. The average molecular weight is 266 g/mol. The molecule has 1 aliphatic heterocycles. The number of nitrogens with two attached hydrogens (primary N) is 1. The topological polar surface area (TPSA) is 107 Å². The van der Waals surface area contributed by atoms with Crippen molar-refractivity contribution in [2.24, 2.45) is 0 Å². The standard InChI is InChI=1S/C11H12N2O4.C2H6/c12-6-1-2-7-8(5-6)13(11(15,16)17)9(14)10(7)3-4-10;1-2/h1-2,5,15-17H,3-4,12H2;1-2H3. The van der Waals surface area contributed by atoms with Gasteiger partial charge >= 0.3 is 6.10 Å². The number of hydrogen-bond donors (Lipinski definition) is 4. The van der Waals surface area contributed by atoms with Gasteiger partial charge in [0.25, 0.3) is 0 Å². The quantitative estimate of drug-likeness (QED) is 0.431. The highest BCUT2D eigenvalue weighted by molar-refractivity contribution is 6.10. The van der Waals surface area contributed by atoms with Crippen LogP contribution in [0.3, 0.4) is 0 Å². The molecule has 1 aliphatic carbocycles. The van der Waals surface area contributed by atoms with E-state index in [-0.39, 0.29) is 5.69 Å². The molecule has 0 bridgehead atoms. The number of anilines is 2. The fourth-order valence-electron chi connectivity index (χ4n) is 2.48. The molecular weight excluding hydrogens is 248 g/mol. The van der Waals surface area contributed by atoms with E-state index < -0.39 is 17.4 Å². The lowest BCUT2D eigenvalue weighted by atomic mass is 9.98. The van der Waals surface area contributed by atoms with Crippen LogP contribution in [0.15, 0.2) is 18.2 Å². The maximum atomic E-state index is 12.1. The molecule has 1 spiro atoms. The van der Waals surface area contributed by atoms with Gasteiger partial charge in [0.1, 0.15) is 0 Å². The van der Waals surface area contributed by atoms with Crippen LogP contribution in [0.25, 0.3) is 0 Å². The predicted molar refractivity (Wildman–Crippen MR) is 70.0 cm³/mol. The molecule has 0 atom stereocenters. The summed E-state index contributed by atoms with van der Waals surface area (Å²) < 4.78 is 0. The highest BCUT2D eigenvalue weighted by atomic mass is 16.7. The summed E-state index contributed by atoms with van der Waals surface area (Å²) in [6.45, 7) is 4.00. The van der Waals surface area contributed by atoms with Crippen LogP contribution < -0.4 is 10.6 Å². The molecule has 1 fully saturated rings. The second-order valence-electron chi connectivity index (χ2n) is 4.60. The molecule has 1 aromatic rings. The zero-order chi connectivity index (χ0) is 14.4. The molecule has 1 amide bonds. The number of carbonyl (C=O) groups is 1. The van der Waals surface area contributed by atoms with Crippen LogP contribution >= 0.6 is 0 Å². The summed E-state index contributed by atoms with van der Waals surface area (Å²) in [5.41, 5.74) is 6.26. The molecule has 6 heteroatoms. The summed E-state index contributed by atoms with van der Waals surface area (Å²) >= 11 is 0. The second kappa shape index (κ2) is 4.19. The number of rotatable bonds is 1. The molecule has 0 saturated heterocycles. The van der Waals surface area contributed by atoms with E-state index in [0.717, 1.165) is 0 Å². The third-order valence-electron chi connectivity index (χ3n) is 3.44. The number of aliphatic hydroxyl groups is 3. The zero-order valence-electron chi connectivity index (χ0n) is 10.9. The van der Waals surface area contributed by atoms with Gasteiger partial charge in [0, 0.05) is 5.69 Å². The van der Waals surface area contributed by atoms with Gasteiger partial charge in [-0.1, -0.05) is 19.9 Å². The largest absolute Gasteiger partial charge is 0.399 e. The summed E-state index contributed by atoms with van der Waals surface area (Å²) in [5, 5.41) is 27.8. The van der Waals surface area contributed by atoms with Crippen molar-refractivity contribution in [1.29, 1.82) is 0 Å². The van der Waals surface area contributed by atoms with E-state index in [9.17, 15) is 20.1 Å². The van der Waals surface area contributed by atoms with Crippen molar-refractivity contribution in [3.05, 3.63) is 23.8 Å². The van der Waals surface area contributed by atoms with Crippen LogP contribution in [0.2, 0.25) is 0 Å². The second-order valence-corrected chi connectivity index (χ2v) is 4.60. The first-order valence-corrected chi connectivity index (χ1v) is 6.28. The summed E-state index contributed by atoms with van der Waals surface area (Å²) in [5.74, 6) is -0.495. The first kappa shape index (κ1) is 13.8. The Morgan fingerprint density at radius 3 is 2.32 bits per heavy atom. The molecule has 0 aromatic heterocycles. The van der Waals surface area contributed by atoms with Crippen LogP contribution in [0.5, 0.6) is 0 Å². The third-order valence-corrected chi connectivity index (χ3v) is 3.44. The Balaban J connectivity index is 0.000000637. The minimum Gasteiger partial charge on any atom is -0.399 e. The predicted octanol–water partition coefficient (Wildman–Crippen LogP) is 0.261. The summed E-state index contributed by atoms with van der Waals surface area (Å²) in [6, 6.07) is 4.81. The minimum absolute atomic E-state index is 0.264. The van der Waals surface area contributed by atoms with Gasteiger partial charge in [0.15, 0.2) is 0 Å². The van der Waals surface area contributed by atoms with Crippen molar-refractivity contribution < 1.29 is 20.1 Å². The van der Waals surface area contributed by atoms with Crippen LogP contribution in [-0.4, -0.2) is 27.3 Å². The molecule has 1 aromatic carbocycles. The van der Waals surface area contributed by atoms with Crippen LogP contribution in [0.1, 0.15) is 32.3 Å². The van der Waals surface area contributed by atoms with E-state index in [0.29, 0.717) is 29.0 Å². The number of nitrogens with zero attached hydrogens (tertiary/aromatic N) is 1. The molecule has 1 saturated carbocycles. The Morgan fingerprint density at radius 1 is 1.26 bits per heavy atom. The first-order chi connectivity index (χ1) is 8.86. The van der Waals surface area contributed by atoms with Gasteiger partial charge in [0.2, 0.25) is 5.91 Å². The van der Waals surface area contributed by atoms with Crippen LogP contribution in [-0.2, 0) is 10.2 Å². The van der Waals surface area contributed by atoms with Crippen molar-refractivity contribution in [2.75, 3.05) is 10.6 Å². The van der Waals surface area contributed by atoms with E-state index in [1.165, 1.54) is 6.07 Å². The molecule has 5 N–H and O–H groups in total. The van der Waals surface area contributed by atoms with E-state index >= 15 is 0 Å². The normalized spacial score (nSPS) is 19.0. The fraction of sp³-hybridized carbons (Fsp3) is 0.462. The molecule has 0 unspecified atom stereocenters.